The van der Waals surface area contributed by atoms with E-state index in [1.165, 1.54) is 0 Å². The molecule has 142 valence electrons. The molecule has 2 aromatic carbocycles. The van der Waals surface area contributed by atoms with Gasteiger partial charge in [-0.05, 0) is 42.8 Å². The van der Waals surface area contributed by atoms with E-state index in [0.29, 0.717) is 36.9 Å². The summed E-state index contributed by atoms with van der Waals surface area (Å²) < 4.78 is 11.1. The van der Waals surface area contributed by atoms with E-state index in [4.69, 9.17) is 9.47 Å². The maximum absolute atomic E-state index is 11.9. The fourth-order valence-corrected chi connectivity index (χ4v) is 3.03. The lowest BCUT2D eigenvalue weighted by atomic mass is 10.2. The van der Waals surface area contributed by atoms with E-state index < -0.39 is 0 Å². The molecule has 0 aliphatic heterocycles. The van der Waals surface area contributed by atoms with Crippen molar-refractivity contribution in [2.75, 3.05) is 19.0 Å². The van der Waals surface area contributed by atoms with Gasteiger partial charge in [0.2, 0.25) is 5.91 Å². The number of hydrogen-bond donors (Lipinski definition) is 1. The van der Waals surface area contributed by atoms with E-state index in [0.717, 1.165) is 10.5 Å². The fourth-order valence-electron chi connectivity index (χ4n) is 2.15. The van der Waals surface area contributed by atoms with Gasteiger partial charge in [0.25, 0.3) is 0 Å². The number of ether oxygens (including phenoxy) is 2. The molecule has 0 atom stereocenters. The summed E-state index contributed by atoms with van der Waals surface area (Å²) in [5.74, 6) is 1.87. The zero-order valence-corrected chi connectivity index (χ0v) is 16.2. The molecule has 2 aromatic rings. The zero-order chi connectivity index (χ0) is 19.3. The van der Waals surface area contributed by atoms with E-state index >= 15 is 0 Å². The third kappa shape index (κ3) is 7.58. The average molecular weight is 385 g/mol. The van der Waals surface area contributed by atoms with Crippen molar-refractivity contribution in [3.63, 3.8) is 0 Å². The van der Waals surface area contributed by atoms with Crippen LogP contribution in [0.1, 0.15) is 18.9 Å². The Kier molecular flexibility index (Phi) is 9.00. The van der Waals surface area contributed by atoms with Crippen LogP contribution in [0.5, 0.6) is 11.5 Å². The zero-order valence-electron chi connectivity index (χ0n) is 15.4. The molecule has 0 aliphatic carbocycles. The Bertz CT molecular complexity index is 763. The second-order valence-corrected chi connectivity index (χ2v) is 6.61. The molecular weight excluding hydrogens is 360 g/mol. The molecule has 0 fully saturated rings. The molecule has 1 N–H and O–H groups in total. The molecule has 0 spiro atoms. The molecular formula is C21H24N2O3S. The number of carbonyl (C=O) groups is 1. The van der Waals surface area contributed by atoms with Gasteiger partial charge < -0.3 is 9.47 Å². The van der Waals surface area contributed by atoms with Crippen LogP contribution in [-0.2, 0) is 4.79 Å². The predicted molar refractivity (Wildman–Crippen MR) is 111 cm³/mol. The average Bonchev–Trinajstić information content (AvgIpc) is 2.68. The number of hydrogen-bond acceptors (Lipinski definition) is 5. The van der Waals surface area contributed by atoms with E-state index in [2.05, 4.69) is 17.1 Å². The quantitative estimate of drug-likeness (QED) is 0.272. The predicted octanol–water partition coefficient (Wildman–Crippen LogP) is 4.28. The second kappa shape index (κ2) is 11.8. The number of benzene rings is 2. The topological polar surface area (TPSA) is 59.9 Å². The third-order valence-electron chi connectivity index (χ3n) is 3.37. The lowest BCUT2D eigenvalue weighted by Crippen LogP contribution is -2.17. The lowest BCUT2D eigenvalue weighted by Gasteiger charge is -2.11. The summed E-state index contributed by atoms with van der Waals surface area (Å²) in [6.45, 7) is 6.48. The van der Waals surface area contributed by atoms with Gasteiger partial charge in [0.05, 0.1) is 12.8 Å². The van der Waals surface area contributed by atoms with E-state index in [-0.39, 0.29) is 5.91 Å². The maximum Gasteiger partial charge on any atom is 0.240 e. The summed E-state index contributed by atoms with van der Waals surface area (Å²) in [7, 11) is 0. The number of amides is 1. The van der Waals surface area contributed by atoms with Crippen LogP contribution in [0, 0.1) is 0 Å². The highest BCUT2D eigenvalue weighted by molar-refractivity contribution is 7.99. The van der Waals surface area contributed by atoms with Crippen molar-refractivity contribution < 1.29 is 14.3 Å². The van der Waals surface area contributed by atoms with Crippen LogP contribution in [0.4, 0.5) is 0 Å². The lowest BCUT2D eigenvalue weighted by molar-refractivity contribution is -0.120. The van der Waals surface area contributed by atoms with Crippen molar-refractivity contribution in [1.29, 1.82) is 0 Å². The van der Waals surface area contributed by atoms with Crippen LogP contribution >= 0.6 is 11.8 Å². The van der Waals surface area contributed by atoms with Gasteiger partial charge in [0.1, 0.15) is 6.61 Å². The minimum Gasteiger partial charge on any atom is -0.490 e. The van der Waals surface area contributed by atoms with Crippen LogP contribution in [0.3, 0.4) is 0 Å². The second-order valence-electron chi connectivity index (χ2n) is 5.44. The molecule has 6 heteroatoms. The van der Waals surface area contributed by atoms with Gasteiger partial charge in [-0.2, -0.15) is 5.10 Å². The first-order valence-corrected chi connectivity index (χ1v) is 9.71. The van der Waals surface area contributed by atoms with Gasteiger partial charge in [-0.25, -0.2) is 5.43 Å². The summed E-state index contributed by atoms with van der Waals surface area (Å²) in [5.41, 5.74) is 3.36. The van der Waals surface area contributed by atoms with Gasteiger partial charge in [-0.15, -0.1) is 11.8 Å². The van der Waals surface area contributed by atoms with Crippen LogP contribution in [0.2, 0.25) is 0 Å². The molecule has 5 nitrogen and oxygen atoms in total. The van der Waals surface area contributed by atoms with Crippen molar-refractivity contribution >= 4 is 23.9 Å². The first-order chi connectivity index (χ1) is 13.2. The number of carbonyl (C=O) groups excluding carboxylic acids is 1. The van der Waals surface area contributed by atoms with Crippen molar-refractivity contribution in [2.24, 2.45) is 5.10 Å². The van der Waals surface area contributed by atoms with Gasteiger partial charge in [0.15, 0.2) is 11.5 Å². The highest BCUT2D eigenvalue weighted by atomic mass is 32.2. The highest BCUT2D eigenvalue weighted by Gasteiger charge is 2.05. The van der Waals surface area contributed by atoms with E-state index in [9.17, 15) is 4.79 Å². The Morgan fingerprint density at radius 3 is 2.74 bits per heavy atom. The normalized spacial score (nSPS) is 10.6. The molecule has 0 bridgehead atoms. The number of nitrogens with one attached hydrogen (secondary N) is 1. The van der Waals surface area contributed by atoms with Gasteiger partial charge in [-0.3, -0.25) is 4.79 Å². The smallest absolute Gasteiger partial charge is 0.240 e. The van der Waals surface area contributed by atoms with Crippen LogP contribution in [0.25, 0.3) is 0 Å². The number of thioether (sulfide) groups is 1. The SMILES string of the molecule is C=CCOc1ccc(/C=N/NC(=O)CCSc2ccccc2)cc1OCC. The van der Waals surface area contributed by atoms with Crippen molar-refractivity contribution in [1.82, 2.24) is 5.43 Å². The number of hydrazone groups is 1. The number of rotatable bonds is 11. The van der Waals surface area contributed by atoms with Crippen LogP contribution in [0.15, 0.2) is 71.2 Å². The van der Waals surface area contributed by atoms with Crippen molar-refractivity contribution in [2.45, 2.75) is 18.2 Å². The molecule has 0 unspecified atom stereocenters. The minimum absolute atomic E-state index is 0.120. The van der Waals surface area contributed by atoms with E-state index in [1.807, 2.05) is 55.5 Å². The first kappa shape index (κ1) is 20.6. The largest absolute Gasteiger partial charge is 0.490 e. The number of nitrogens with zero attached hydrogens (tertiary/aromatic N) is 1. The first-order valence-electron chi connectivity index (χ1n) is 8.73. The molecule has 27 heavy (non-hydrogen) atoms. The fraction of sp³-hybridized carbons (Fsp3) is 0.238. The van der Waals surface area contributed by atoms with Gasteiger partial charge in [-0.1, -0.05) is 30.9 Å². The Hall–Kier alpha value is -2.73. The minimum atomic E-state index is -0.120. The summed E-state index contributed by atoms with van der Waals surface area (Å²) in [5, 5.41) is 4.01. The van der Waals surface area contributed by atoms with Crippen LogP contribution < -0.4 is 14.9 Å². The Morgan fingerprint density at radius 2 is 2.00 bits per heavy atom. The molecule has 0 saturated heterocycles. The summed E-state index contributed by atoms with van der Waals surface area (Å²) >= 11 is 1.64. The highest BCUT2D eigenvalue weighted by Crippen LogP contribution is 2.28. The monoisotopic (exact) mass is 384 g/mol. The van der Waals surface area contributed by atoms with Crippen molar-refractivity contribution in [3.8, 4) is 11.5 Å². The maximum atomic E-state index is 11.9. The molecule has 0 aliphatic rings. The Balaban J connectivity index is 1.82. The molecule has 0 radical (unpaired) electrons. The molecule has 1 amide bonds. The molecule has 2 rings (SSSR count). The molecule has 0 saturated carbocycles. The van der Waals surface area contributed by atoms with Gasteiger partial charge in [0, 0.05) is 17.1 Å². The standard InChI is InChI=1S/C21H24N2O3S/c1-3-13-26-19-11-10-17(15-20(19)25-4-2)16-22-23-21(24)12-14-27-18-8-6-5-7-9-18/h3,5-11,15-16H,1,4,12-14H2,2H3,(H,23,24)/b22-16+. The van der Waals surface area contributed by atoms with Gasteiger partial charge >= 0.3 is 0 Å². The Morgan fingerprint density at radius 1 is 1.19 bits per heavy atom. The molecule has 0 heterocycles. The summed E-state index contributed by atoms with van der Waals surface area (Å²) in [6.07, 6.45) is 3.66. The van der Waals surface area contributed by atoms with Crippen molar-refractivity contribution in [3.05, 3.63) is 66.7 Å². The van der Waals surface area contributed by atoms with E-state index in [1.54, 1.807) is 24.1 Å². The van der Waals surface area contributed by atoms with Crippen LogP contribution in [-0.4, -0.2) is 31.1 Å². The Labute approximate surface area is 164 Å². The summed E-state index contributed by atoms with van der Waals surface area (Å²) in [4.78, 5) is 13.0. The molecule has 0 aromatic heterocycles. The third-order valence-corrected chi connectivity index (χ3v) is 4.38. The summed E-state index contributed by atoms with van der Waals surface area (Å²) in [6, 6.07) is 15.5.